The Balaban J connectivity index is 1.78. The van der Waals surface area contributed by atoms with Crippen molar-refractivity contribution >= 4 is 21.7 Å². The predicted octanol–water partition coefficient (Wildman–Crippen LogP) is 3.96. The molecule has 0 unspecified atom stereocenters. The van der Waals surface area contributed by atoms with E-state index in [0.717, 1.165) is 16.2 Å². The Kier molecular flexibility index (Phi) is 3.87. The largest absolute Gasteiger partial charge is 0.507 e. The van der Waals surface area contributed by atoms with Crippen molar-refractivity contribution in [1.29, 1.82) is 0 Å². The average Bonchev–Trinajstić information content (AvgIpc) is 3.18. The maximum Gasteiger partial charge on any atom is 0.317 e. The van der Waals surface area contributed by atoms with E-state index in [1.165, 1.54) is 7.11 Å². The highest BCUT2D eigenvalue weighted by Crippen LogP contribution is 2.37. The van der Waals surface area contributed by atoms with Gasteiger partial charge in [0.2, 0.25) is 0 Å². The van der Waals surface area contributed by atoms with Crippen LogP contribution in [0.2, 0.25) is 0 Å². The van der Waals surface area contributed by atoms with E-state index in [2.05, 4.69) is 20.1 Å². The number of aryl methyl sites for hydroxylation is 1. The topological polar surface area (TPSA) is 86.0 Å². The summed E-state index contributed by atoms with van der Waals surface area (Å²) in [4.78, 5) is 13.6. The van der Waals surface area contributed by atoms with Crippen LogP contribution in [0.1, 0.15) is 0 Å². The van der Waals surface area contributed by atoms with Gasteiger partial charge in [0.25, 0.3) is 0 Å². The SMILES string of the molecule is COc1nc(-c2ccn(C)n2)c2cnc(-c3c(O)ccc4ccccc34)cc2n1. The standard InChI is InChI=1S/C22H17N5O2/c1-27-10-9-16(26-27)21-15-12-23-18(11-17(15)24-22(25-21)29-2)20-14-6-4-3-5-13(14)7-8-19(20)28/h3-12,28H,1-2H3. The highest BCUT2D eigenvalue weighted by molar-refractivity contribution is 6.01. The Morgan fingerprint density at radius 1 is 0.966 bits per heavy atom. The molecule has 0 bridgehead atoms. The second kappa shape index (κ2) is 6.56. The normalized spacial score (nSPS) is 11.2. The molecule has 0 amide bonds. The molecule has 3 heterocycles. The van der Waals surface area contributed by atoms with Crippen LogP contribution in [0.25, 0.3) is 44.3 Å². The summed E-state index contributed by atoms with van der Waals surface area (Å²) in [5.41, 5.74) is 3.31. The van der Waals surface area contributed by atoms with Crippen LogP contribution in [-0.4, -0.2) is 36.9 Å². The number of nitrogens with zero attached hydrogens (tertiary/aromatic N) is 5. The number of phenols is 1. The summed E-state index contributed by atoms with van der Waals surface area (Å²) in [6, 6.07) is 15.4. The number of aromatic nitrogens is 5. The maximum absolute atomic E-state index is 10.6. The highest BCUT2D eigenvalue weighted by Gasteiger charge is 2.16. The lowest BCUT2D eigenvalue weighted by Gasteiger charge is -2.11. The van der Waals surface area contributed by atoms with Crippen molar-refractivity contribution in [2.45, 2.75) is 0 Å². The fraction of sp³-hybridized carbons (Fsp3) is 0.0909. The minimum absolute atomic E-state index is 0.168. The van der Waals surface area contributed by atoms with Gasteiger partial charge < -0.3 is 9.84 Å². The van der Waals surface area contributed by atoms with Crippen molar-refractivity contribution in [2.24, 2.45) is 7.05 Å². The zero-order valence-corrected chi connectivity index (χ0v) is 15.9. The Morgan fingerprint density at radius 3 is 2.62 bits per heavy atom. The van der Waals surface area contributed by atoms with E-state index in [1.807, 2.05) is 55.7 Å². The Hall–Kier alpha value is -4.00. The first-order valence-electron chi connectivity index (χ1n) is 9.07. The van der Waals surface area contributed by atoms with Crippen LogP contribution in [0.3, 0.4) is 0 Å². The number of rotatable bonds is 3. The molecule has 2 aromatic carbocycles. The quantitative estimate of drug-likeness (QED) is 0.508. The van der Waals surface area contributed by atoms with E-state index < -0.39 is 0 Å². The zero-order chi connectivity index (χ0) is 20.0. The van der Waals surface area contributed by atoms with Gasteiger partial charge in [-0.15, -0.1) is 0 Å². The van der Waals surface area contributed by atoms with Gasteiger partial charge >= 0.3 is 6.01 Å². The highest BCUT2D eigenvalue weighted by atomic mass is 16.5. The van der Waals surface area contributed by atoms with Gasteiger partial charge in [-0.2, -0.15) is 15.1 Å². The van der Waals surface area contributed by atoms with Crippen LogP contribution in [0, 0.1) is 0 Å². The maximum atomic E-state index is 10.6. The number of pyridine rings is 1. The molecule has 0 saturated carbocycles. The second-order valence-corrected chi connectivity index (χ2v) is 6.70. The van der Waals surface area contributed by atoms with Crippen LogP contribution in [0.5, 0.6) is 11.8 Å². The Morgan fingerprint density at radius 2 is 1.83 bits per heavy atom. The molecule has 0 aliphatic rings. The van der Waals surface area contributed by atoms with Crippen molar-refractivity contribution in [3.63, 3.8) is 0 Å². The Labute approximate surface area is 166 Å². The van der Waals surface area contributed by atoms with Crippen molar-refractivity contribution in [2.75, 3.05) is 7.11 Å². The van der Waals surface area contributed by atoms with Gasteiger partial charge in [-0.25, -0.2) is 0 Å². The summed E-state index contributed by atoms with van der Waals surface area (Å²) >= 11 is 0. The van der Waals surface area contributed by atoms with Crippen LogP contribution >= 0.6 is 0 Å². The van der Waals surface area contributed by atoms with Crippen LogP contribution in [0.15, 0.2) is 60.9 Å². The molecule has 5 aromatic rings. The third-order valence-electron chi connectivity index (χ3n) is 4.86. The van der Waals surface area contributed by atoms with E-state index >= 15 is 0 Å². The van der Waals surface area contributed by atoms with E-state index in [1.54, 1.807) is 16.9 Å². The van der Waals surface area contributed by atoms with Crippen LogP contribution < -0.4 is 4.74 Å². The monoisotopic (exact) mass is 383 g/mol. The molecule has 0 spiro atoms. The summed E-state index contributed by atoms with van der Waals surface area (Å²) in [6.45, 7) is 0. The van der Waals surface area contributed by atoms with E-state index in [-0.39, 0.29) is 11.8 Å². The number of aromatic hydroxyl groups is 1. The van der Waals surface area contributed by atoms with Crippen molar-refractivity contribution in [1.82, 2.24) is 24.7 Å². The minimum atomic E-state index is 0.168. The molecule has 0 radical (unpaired) electrons. The van der Waals surface area contributed by atoms with Gasteiger partial charge in [-0.3, -0.25) is 9.67 Å². The number of benzene rings is 2. The first-order chi connectivity index (χ1) is 14.1. The van der Waals surface area contributed by atoms with E-state index in [9.17, 15) is 5.11 Å². The number of phenolic OH excluding ortho intramolecular Hbond substituents is 1. The average molecular weight is 383 g/mol. The molecule has 5 rings (SSSR count). The van der Waals surface area contributed by atoms with Crippen molar-refractivity contribution < 1.29 is 9.84 Å². The molecule has 3 aromatic heterocycles. The van der Waals surface area contributed by atoms with Gasteiger partial charge in [0.1, 0.15) is 17.1 Å². The molecule has 0 fully saturated rings. The lowest BCUT2D eigenvalue weighted by Crippen LogP contribution is -1.98. The Bertz CT molecular complexity index is 1380. The number of hydrogen-bond donors (Lipinski definition) is 1. The van der Waals surface area contributed by atoms with Gasteiger partial charge in [-0.1, -0.05) is 30.3 Å². The second-order valence-electron chi connectivity index (χ2n) is 6.70. The first kappa shape index (κ1) is 17.1. The lowest BCUT2D eigenvalue weighted by molar-refractivity contribution is 0.382. The number of hydrogen-bond acceptors (Lipinski definition) is 6. The molecule has 0 atom stereocenters. The fourth-order valence-electron chi connectivity index (χ4n) is 3.50. The molecule has 0 saturated heterocycles. The lowest BCUT2D eigenvalue weighted by atomic mass is 10.00. The number of methoxy groups -OCH3 is 1. The summed E-state index contributed by atoms with van der Waals surface area (Å²) in [6.07, 6.45) is 3.57. The summed E-state index contributed by atoms with van der Waals surface area (Å²) in [5.74, 6) is 0.168. The third kappa shape index (κ3) is 2.84. The number of fused-ring (bicyclic) bond motifs is 2. The third-order valence-corrected chi connectivity index (χ3v) is 4.86. The van der Waals surface area contributed by atoms with E-state index in [0.29, 0.717) is 28.2 Å². The van der Waals surface area contributed by atoms with Crippen LogP contribution in [0.4, 0.5) is 0 Å². The minimum Gasteiger partial charge on any atom is -0.507 e. The molecule has 0 aliphatic carbocycles. The van der Waals surface area contributed by atoms with E-state index in [4.69, 9.17) is 4.74 Å². The summed E-state index contributed by atoms with van der Waals surface area (Å²) in [5, 5.41) is 17.7. The molecule has 0 aliphatic heterocycles. The predicted molar refractivity (Wildman–Crippen MR) is 111 cm³/mol. The summed E-state index contributed by atoms with van der Waals surface area (Å²) in [7, 11) is 3.38. The molecule has 142 valence electrons. The van der Waals surface area contributed by atoms with Gasteiger partial charge in [0, 0.05) is 30.4 Å². The zero-order valence-electron chi connectivity index (χ0n) is 15.9. The van der Waals surface area contributed by atoms with Crippen molar-refractivity contribution in [3.8, 4) is 34.4 Å². The fourth-order valence-corrected chi connectivity index (χ4v) is 3.50. The van der Waals surface area contributed by atoms with Crippen molar-refractivity contribution in [3.05, 3.63) is 60.9 Å². The molecule has 7 nitrogen and oxygen atoms in total. The first-order valence-corrected chi connectivity index (χ1v) is 9.07. The molecule has 1 N–H and O–H groups in total. The summed E-state index contributed by atoms with van der Waals surface area (Å²) < 4.78 is 7.02. The number of ether oxygens (including phenoxy) is 1. The van der Waals surface area contributed by atoms with Gasteiger partial charge in [-0.05, 0) is 29.0 Å². The van der Waals surface area contributed by atoms with Gasteiger partial charge in [0.05, 0.1) is 18.3 Å². The smallest absolute Gasteiger partial charge is 0.317 e. The van der Waals surface area contributed by atoms with Gasteiger partial charge in [0.15, 0.2) is 0 Å². The molecular formula is C22H17N5O2. The molecule has 29 heavy (non-hydrogen) atoms. The molecule has 7 heteroatoms. The van der Waals surface area contributed by atoms with Crippen LogP contribution in [-0.2, 0) is 7.05 Å². The molecular weight excluding hydrogens is 366 g/mol.